The molecule has 0 aliphatic rings. The molecule has 0 amide bonds. The molecular formula is C17H26N2O2. The molecule has 116 valence electrons. The third-order valence-corrected chi connectivity index (χ3v) is 3.68. The number of nitrogens with zero attached hydrogens (tertiary/aromatic N) is 1. The fourth-order valence-electron chi connectivity index (χ4n) is 2.19. The van der Waals surface area contributed by atoms with Crippen molar-refractivity contribution in [2.45, 2.75) is 40.0 Å². The molecule has 4 unspecified atom stereocenters. The maximum Gasteiger partial charge on any atom is 0.303 e. The first-order valence-corrected chi connectivity index (χ1v) is 7.36. The minimum atomic E-state index is -0.810. The number of allylic oxidation sites excluding steroid dienone is 4. The van der Waals surface area contributed by atoms with Crippen molar-refractivity contribution in [1.82, 2.24) is 0 Å². The third kappa shape index (κ3) is 8.80. The number of nitrogens with one attached hydrogen (secondary N) is 1. The quantitative estimate of drug-likeness (QED) is 0.470. The summed E-state index contributed by atoms with van der Waals surface area (Å²) in [6.45, 7) is 5.80. The lowest BCUT2D eigenvalue weighted by atomic mass is 9.80. The zero-order valence-corrected chi connectivity index (χ0v) is 13.1. The van der Waals surface area contributed by atoms with Crippen LogP contribution in [0.15, 0.2) is 24.3 Å². The molecule has 0 spiro atoms. The Morgan fingerprint density at radius 2 is 1.81 bits per heavy atom. The lowest BCUT2D eigenvalue weighted by Gasteiger charge is -2.25. The van der Waals surface area contributed by atoms with Crippen LogP contribution in [0.2, 0.25) is 0 Å². The van der Waals surface area contributed by atoms with E-state index in [1.807, 2.05) is 45.1 Å². The van der Waals surface area contributed by atoms with Gasteiger partial charge in [0.25, 0.3) is 0 Å². The molecule has 0 rings (SSSR count). The first-order valence-electron chi connectivity index (χ1n) is 7.36. The molecule has 0 aromatic carbocycles. The van der Waals surface area contributed by atoms with E-state index in [1.54, 1.807) is 0 Å². The van der Waals surface area contributed by atoms with Gasteiger partial charge >= 0.3 is 5.97 Å². The summed E-state index contributed by atoms with van der Waals surface area (Å²) in [6, 6.07) is 2.17. The molecule has 0 radical (unpaired) electrons. The minimum Gasteiger partial charge on any atom is -0.481 e. The summed E-state index contributed by atoms with van der Waals surface area (Å²) in [5.41, 5.74) is 0. The molecule has 0 aromatic heterocycles. The van der Waals surface area contributed by atoms with E-state index in [0.29, 0.717) is 0 Å². The first kappa shape index (κ1) is 19.1. The van der Waals surface area contributed by atoms with Crippen molar-refractivity contribution in [3.63, 3.8) is 0 Å². The number of hydrogen-bond donors (Lipinski definition) is 2. The van der Waals surface area contributed by atoms with E-state index in [4.69, 9.17) is 15.8 Å². The Kier molecular flexibility index (Phi) is 9.87. The molecule has 0 heterocycles. The summed E-state index contributed by atoms with van der Waals surface area (Å²) in [5.74, 6) is -0.624. The Morgan fingerprint density at radius 1 is 1.24 bits per heavy atom. The van der Waals surface area contributed by atoms with E-state index >= 15 is 0 Å². The molecule has 0 aliphatic carbocycles. The van der Waals surface area contributed by atoms with Crippen molar-refractivity contribution in [2.24, 2.45) is 23.7 Å². The van der Waals surface area contributed by atoms with Crippen LogP contribution in [0.1, 0.15) is 40.0 Å². The van der Waals surface area contributed by atoms with Gasteiger partial charge in [-0.3, -0.25) is 4.79 Å². The molecule has 0 saturated heterocycles. The van der Waals surface area contributed by atoms with Crippen LogP contribution in [0.4, 0.5) is 0 Å². The van der Waals surface area contributed by atoms with Gasteiger partial charge in [-0.15, -0.1) is 0 Å². The summed E-state index contributed by atoms with van der Waals surface area (Å²) in [6.07, 6.45) is 10.8. The molecular weight excluding hydrogens is 264 g/mol. The van der Waals surface area contributed by atoms with Gasteiger partial charge in [0, 0.05) is 12.3 Å². The standard InChI is InChI=1S/C17H26N2O2/c1-13(11-18)8-6-4-5-7-9-14(2)16(10-17(20)21)15(3)12-19/h4-7,12-16,19H,8-10H2,1-3H3,(H,20,21). The predicted octanol–water partition coefficient (Wildman–Crippen LogP) is 4.05. The highest BCUT2D eigenvalue weighted by molar-refractivity contribution is 5.68. The van der Waals surface area contributed by atoms with Crippen LogP contribution < -0.4 is 0 Å². The lowest BCUT2D eigenvalue weighted by Crippen LogP contribution is -2.23. The SMILES string of the molecule is CC(C#N)CC=CC=CCC(C)C(CC(=O)O)C(C)C=N. The minimum absolute atomic E-state index is 0.0211. The van der Waals surface area contributed by atoms with Gasteiger partial charge in [-0.2, -0.15) is 5.26 Å². The highest BCUT2D eigenvalue weighted by Gasteiger charge is 2.24. The molecule has 0 saturated carbocycles. The van der Waals surface area contributed by atoms with E-state index in [1.165, 1.54) is 6.21 Å². The van der Waals surface area contributed by atoms with E-state index in [2.05, 4.69) is 6.07 Å². The van der Waals surface area contributed by atoms with Crippen LogP contribution >= 0.6 is 0 Å². The summed E-state index contributed by atoms with van der Waals surface area (Å²) < 4.78 is 0. The van der Waals surface area contributed by atoms with Crippen molar-refractivity contribution in [3.05, 3.63) is 24.3 Å². The van der Waals surface area contributed by atoms with Crippen LogP contribution in [0, 0.1) is 40.4 Å². The molecule has 2 N–H and O–H groups in total. The average Bonchev–Trinajstić information content (AvgIpc) is 2.46. The monoisotopic (exact) mass is 290 g/mol. The molecule has 4 nitrogen and oxygen atoms in total. The predicted molar refractivity (Wildman–Crippen MR) is 85.1 cm³/mol. The number of rotatable bonds is 10. The van der Waals surface area contributed by atoms with Gasteiger partial charge in [-0.1, -0.05) is 38.2 Å². The van der Waals surface area contributed by atoms with Gasteiger partial charge in [0.15, 0.2) is 0 Å². The molecule has 0 bridgehead atoms. The largest absolute Gasteiger partial charge is 0.481 e. The zero-order chi connectivity index (χ0) is 16.3. The van der Waals surface area contributed by atoms with Crippen LogP contribution in [-0.4, -0.2) is 17.3 Å². The van der Waals surface area contributed by atoms with Crippen molar-refractivity contribution < 1.29 is 9.90 Å². The van der Waals surface area contributed by atoms with Crippen molar-refractivity contribution in [2.75, 3.05) is 0 Å². The van der Waals surface area contributed by atoms with Crippen LogP contribution in [0.5, 0.6) is 0 Å². The number of aliphatic carboxylic acids is 1. The van der Waals surface area contributed by atoms with Gasteiger partial charge < -0.3 is 10.5 Å². The highest BCUT2D eigenvalue weighted by Crippen LogP contribution is 2.26. The van der Waals surface area contributed by atoms with Gasteiger partial charge in [0.1, 0.15) is 0 Å². The summed E-state index contributed by atoms with van der Waals surface area (Å²) in [7, 11) is 0. The molecule has 0 fully saturated rings. The molecule has 4 atom stereocenters. The summed E-state index contributed by atoms with van der Waals surface area (Å²) in [4.78, 5) is 10.9. The Balaban J connectivity index is 4.36. The van der Waals surface area contributed by atoms with Gasteiger partial charge in [-0.25, -0.2) is 0 Å². The number of carbonyl (C=O) groups is 1. The third-order valence-electron chi connectivity index (χ3n) is 3.68. The molecule has 21 heavy (non-hydrogen) atoms. The number of carboxylic acids is 1. The maximum absolute atomic E-state index is 10.9. The zero-order valence-electron chi connectivity index (χ0n) is 13.1. The smallest absolute Gasteiger partial charge is 0.303 e. The summed E-state index contributed by atoms with van der Waals surface area (Å²) in [5, 5.41) is 24.9. The number of hydrogen-bond acceptors (Lipinski definition) is 3. The molecule has 0 aromatic rings. The second-order valence-electron chi connectivity index (χ2n) is 5.62. The fourth-order valence-corrected chi connectivity index (χ4v) is 2.19. The Morgan fingerprint density at radius 3 is 2.29 bits per heavy atom. The molecule has 0 aliphatic heterocycles. The van der Waals surface area contributed by atoms with E-state index < -0.39 is 5.97 Å². The van der Waals surface area contributed by atoms with Gasteiger partial charge in [0.2, 0.25) is 0 Å². The van der Waals surface area contributed by atoms with Crippen LogP contribution in [-0.2, 0) is 4.79 Å². The van der Waals surface area contributed by atoms with Crippen LogP contribution in [0.3, 0.4) is 0 Å². The average molecular weight is 290 g/mol. The van der Waals surface area contributed by atoms with Crippen molar-refractivity contribution in [3.8, 4) is 6.07 Å². The fraction of sp³-hybridized carbons (Fsp3) is 0.588. The van der Waals surface area contributed by atoms with Gasteiger partial charge in [0.05, 0.1) is 6.07 Å². The Labute approximate surface area is 127 Å². The lowest BCUT2D eigenvalue weighted by molar-refractivity contribution is -0.138. The van der Waals surface area contributed by atoms with E-state index in [-0.39, 0.29) is 30.1 Å². The second-order valence-corrected chi connectivity index (χ2v) is 5.62. The van der Waals surface area contributed by atoms with E-state index in [9.17, 15) is 4.79 Å². The normalized spacial score (nSPS) is 17.2. The van der Waals surface area contributed by atoms with Crippen LogP contribution in [0.25, 0.3) is 0 Å². The van der Waals surface area contributed by atoms with Crippen molar-refractivity contribution >= 4 is 12.2 Å². The van der Waals surface area contributed by atoms with E-state index in [0.717, 1.165) is 12.8 Å². The Hall–Kier alpha value is -1.89. The Bertz CT molecular complexity index is 421. The topological polar surface area (TPSA) is 84.9 Å². The number of carboxylic acid groups (broad SMARTS) is 1. The number of nitriles is 1. The first-order chi connectivity index (χ1) is 9.92. The molecule has 4 heteroatoms. The van der Waals surface area contributed by atoms with Gasteiger partial charge in [-0.05, 0) is 43.7 Å². The maximum atomic E-state index is 10.9. The second kappa shape index (κ2) is 10.8. The van der Waals surface area contributed by atoms with Crippen molar-refractivity contribution in [1.29, 1.82) is 10.7 Å². The summed E-state index contributed by atoms with van der Waals surface area (Å²) >= 11 is 0. The highest BCUT2D eigenvalue weighted by atomic mass is 16.4.